The summed E-state index contributed by atoms with van der Waals surface area (Å²) in [5, 5.41) is 6.39. The molecule has 0 aromatic heterocycles. The number of hydrogen-bond acceptors (Lipinski definition) is 3. The van der Waals surface area contributed by atoms with E-state index in [-0.39, 0.29) is 17.9 Å². The van der Waals surface area contributed by atoms with Crippen LogP contribution in [-0.4, -0.2) is 31.7 Å². The number of ether oxygens (including phenoxy) is 1. The first-order chi connectivity index (χ1) is 9.83. The molecule has 1 saturated heterocycles. The molecule has 1 aromatic carbocycles. The van der Waals surface area contributed by atoms with E-state index >= 15 is 0 Å². The quantitative estimate of drug-likeness (QED) is 0.886. The summed E-state index contributed by atoms with van der Waals surface area (Å²) < 4.78 is 5.64. The second-order valence-electron chi connectivity index (χ2n) is 5.67. The lowest BCUT2D eigenvalue weighted by molar-refractivity contribution is -0.125. The smallest absolute Gasteiger partial charge is 0.225 e. The molecule has 0 aliphatic carbocycles. The largest absolute Gasteiger partial charge is 0.384 e. The Kier molecular flexibility index (Phi) is 4.21. The zero-order valence-corrected chi connectivity index (χ0v) is 11.7. The molecule has 0 spiro atoms. The number of amides is 1. The first kappa shape index (κ1) is 13.4. The van der Waals surface area contributed by atoms with Crippen LogP contribution in [0.5, 0.6) is 0 Å². The van der Waals surface area contributed by atoms with Gasteiger partial charge in [0.25, 0.3) is 0 Å². The number of carbonyl (C=O) groups excluding carboxylic acids is 1. The third-order valence-electron chi connectivity index (χ3n) is 4.17. The molecule has 108 valence electrons. The Morgan fingerprint density at radius 1 is 1.35 bits per heavy atom. The summed E-state index contributed by atoms with van der Waals surface area (Å²) in [7, 11) is 0. The van der Waals surface area contributed by atoms with E-state index in [4.69, 9.17) is 4.74 Å². The Balaban J connectivity index is 1.51. The fourth-order valence-electron chi connectivity index (χ4n) is 2.95. The van der Waals surface area contributed by atoms with E-state index in [9.17, 15) is 4.79 Å². The second kappa shape index (κ2) is 6.27. The van der Waals surface area contributed by atoms with Crippen LogP contribution in [0.3, 0.4) is 0 Å². The molecule has 1 fully saturated rings. The van der Waals surface area contributed by atoms with E-state index in [2.05, 4.69) is 22.8 Å². The molecule has 2 unspecified atom stereocenters. The predicted octanol–water partition coefficient (Wildman–Crippen LogP) is 1.96. The summed E-state index contributed by atoms with van der Waals surface area (Å²) in [5.41, 5.74) is 2.39. The van der Waals surface area contributed by atoms with Gasteiger partial charge in [-0.15, -0.1) is 0 Å². The van der Waals surface area contributed by atoms with E-state index in [0.717, 1.165) is 31.6 Å². The molecule has 0 radical (unpaired) electrons. The van der Waals surface area contributed by atoms with Crippen LogP contribution in [0.4, 0.5) is 5.69 Å². The fourth-order valence-corrected chi connectivity index (χ4v) is 2.95. The molecule has 4 heteroatoms. The van der Waals surface area contributed by atoms with Crippen LogP contribution in [0.15, 0.2) is 24.3 Å². The monoisotopic (exact) mass is 274 g/mol. The first-order valence-corrected chi connectivity index (χ1v) is 7.54. The summed E-state index contributed by atoms with van der Waals surface area (Å²) in [6.45, 7) is 2.20. The molecular formula is C16H22N2O2. The number of anilines is 1. The van der Waals surface area contributed by atoms with Gasteiger partial charge in [0.05, 0.1) is 12.0 Å². The van der Waals surface area contributed by atoms with Crippen molar-refractivity contribution in [3.63, 3.8) is 0 Å². The predicted molar refractivity (Wildman–Crippen MR) is 78.7 cm³/mol. The highest BCUT2D eigenvalue weighted by molar-refractivity contribution is 5.80. The average molecular weight is 274 g/mol. The van der Waals surface area contributed by atoms with Gasteiger partial charge in [-0.3, -0.25) is 4.79 Å². The van der Waals surface area contributed by atoms with Crippen LogP contribution in [0, 0.1) is 5.92 Å². The van der Waals surface area contributed by atoms with Crippen molar-refractivity contribution in [3.05, 3.63) is 29.8 Å². The van der Waals surface area contributed by atoms with Crippen molar-refractivity contribution in [2.75, 3.05) is 25.0 Å². The lowest BCUT2D eigenvalue weighted by Crippen LogP contribution is -2.42. The summed E-state index contributed by atoms with van der Waals surface area (Å²) in [5.74, 6) is 0.162. The van der Waals surface area contributed by atoms with Gasteiger partial charge in [-0.25, -0.2) is 0 Å². The minimum Gasteiger partial charge on any atom is -0.384 e. The zero-order valence-electron chi connectivity index (χ0n) is 11.7. The molecule has 4 nitrogen and oxygen atoms in total. The van der Waals surface area contributed by atoms with Crippen LogP contribution in [0.2, 0.25) is 0 Å². The highest BCUT2D eigenvalue weighted by Gasteiger charge is 2.25. The van der Waals surface area contributed by atoms with Gasteiger partial charge in [0.15, 0.2) is 0 Å². The fraction of sp³-hybridized carbons (Fsp3) is 0.562. The third-order valence-corrected chi connectivity index (χ3v) is 4.17. The molecule has 0 saturated carbocycles. The van der Waals surface area contributed by atoms with E-state index < -0.39 is 0 Å². The topological polar surface area (TPSA) is 50.4 Å². The van der Waals surface area contributed by atoms with Crippen molar-refractivity contribution in [1.29, 1.82) is 0 Å². The van der Waals surface area contributed by atoms with Crippen molar-refractivity contribution in [2.24, 2.45) is 5.92 Å². The summed E-state index contributed by atoms with van der Waals surface area (Å²) in [6, 6.07) is 8.20. The van der Waals surface area contributed by atoms with Crippen LogP contribution >= 0.6 is 0 Å². The van der Waals surface area contributed by atoms with Crippen molar-refractivity contribution < 1.29 is 9.53 Å². The maximum Gasteiger partial charge on any atom is 0.225 e. The van der Waals surface area contributed by atoms with Gasteiger partial charge in [-0.05, 0) is 37.3 Å². The molecule has 3 rings (SSSR count). The van der Waals surface area contributed by atoms with Gasteiger partial charge in [0.1, 0.15) is 0 Å². The summed E-state index contributed by atoms with van der Waals surface area (Å²) in [4.78, 5) is 12.2. The average Bonchev–Trinajstić information content (AvgIpc) is 2.53. The Labute approximate surface area is 119 Å². The maximum absolute atomic E-state index is 12.2. The normalized spacial score (nSPS) is 25.4. The van der Waals surface area contributed by atoms with Gasteiger partial charge in [-0.1, -0.05) is 18.2 Å². The Morgan fingerprint density at radius 2 is 2.25 bits per heavy atom. The third kappa shape index (κ3) is 3.12. The van der Waals surface area contributed by atoms with Gasteiger partial charge >= 0.3 is 0 Å². The number of carbonyl (C=O) groups is 1. The van der Waals surface area contributed by atoms with Crippen LogP contribution < -0.4 is 10.6 Å². The maximum atomic E-state index is 12.2. The van der Waals surface area contributed by atoms with Crippen molar-refractivity contribution in [1.82, 2.24) is 5.32 Å². The van der Waals surface area contributed by atoms with E-state index in [1.54, 1.807) is 0 Å². The molecule has 2 aliphatic heterocycles. The first-order valence-electron chi connectivity index (χ1n) is 7.54. The van der Waals surface area contributed by atoms with Gasteiger partial charge in [0, 0.05) is 25.4 Å². The standard InChI is InChI=1S/C16H22N2O2/c19-16(18-11-14-6-3-4-8-20-14)13-9-12-5-1-2-7-15(12)17-10-13/h1-2,5,7,13-14,17H,3-4,6,8-11H2,(H,18,19). The molecule has 20 heavy (non-hydrogen) atoms. The minimum absolute atomic E-state index is 0.0218. The number of para-hydroxylation sites is 1. The van der Waals surface area contributed by atoms with Crippen LogP contribution in [-0.2, 0) is 16.0 Å². The van der Waals surface area contributed by atoms with Crippen molar-refractivity contribution in [2.45, 2.75) is 31.8 Å². The Morgan fingerprint density at radius 3 is 3.10 bits per heavy atom. The number of nitrogens with one attached hydrogen (secondary N) is 2. The molecule has 2 heterocycles. The molecule has 2 N–H and O–H groups in total. The molecule has 2 aliphatic rings. The lowest BCUT2D eigenvalue weighted by atomic mass is 9.93. The van der Waals surface area contributed by atoms with Crippen LogP contribution in [0.25, 0.3) is 0 Å². The van der Waals surface area contributed by atoms with Crippen molar-refractivity contribution >= 4 is 11.6 Å². The highest BCUT2D eigenvalue weighted by Crippen LogP contribution is 2.24. The van der Waals surface area contributed by atoms with Crippen molar-refractivity contribution in [3.8, 4) is 0 Å². The van der Waals surface area contributed by atoms with E-state index in [0.29, 0.717) is 13.1 Å². The van der Waals surface area contributed by atoms with Gasteiger partial charge < -0.3 is 15.4 Å². The Hall–Kier alpha value is -1.55. The number of benzene rings is 1. The lowest BCUT2D eigenvalue weighted by Gasteiger charge is -2.27. The number of hydrogen-bond donors (Lipinski definition) is 2. The number of rotatable bonds is 3. The molecular weight excluding hydrogens is 252 g/mol. The van der Waals surface area contributed by atoms with Gasteiger partial charge in [0.2, 0.25) is 5.91 Å². The zero-order chi connectivity index (χ0) is 13.8. The highest BCUT2D eigenvalue weighted by atomic mass is 16.5. The minimum atomic E-state index is 0.0218. The van der Waals surface area contributed by atoms with Gasteiger partial charge in [-0.2, -0.15) is 0 Å². The molecule has 1 amide bonds. The molecule has 0 bridgehead atoms. The summed E-state index contributed by atoms with van der Waals surface area (Å²) >= 11 is 0. The Bertz CT molecular complexity index is 469. The second-order valence-corrected chi connectivity index (χ2v) is 5.67. The number of fused-ring (bicyclic) bond motifs is 1. The summed E-state index contributed by atoms with van der Waals surface area (Å²) in [6.07, 6.45) is 4.44. The van der Waals surface area contributed by atoms with E-state index in [1.165, 1.54) is 12.0 Å². The molecule has 1 aromatic rings. The SMILES string of the molecule is O=C(NCC1CCCCO1)C1CNc2ccccc2C1. The molecule has 2 atom stereocenters. The van der Waals surface area contributed by atoms with E-state index in [1.807, 2.05) is 12.1 Å². The van der Waals surface area contributed by atoms with Crippen LogP contribution in [0.1, 0.15) is 24.8 Å².